The number of benzene rings is 2. The highest BCUT2D eigenvalue weighted by molar-refractivity contribution is 7.93. The molecule has 1 aromatic heterocycles. The number of hydrogen-bond donors (Lipinski definition) is 2. The molecule has 2 N–H and O–H groups in total. The fraction of sp³-hybridized carbons (Fsp3) is 0.273. The Balaban J connectivity index is 1.49. The molecule has 13 heteroatoms. The van der Waals surface area contributed by atoms with Crippen molar-refractivity contribution in [3.05, 3.63) is 63.3 Å². The van der Waals surface area contributed by atoms with E-state index in [1.54, 1.807) is 23.6 Å². The van der Waals surface area contributed by atoms with Gasteiger partial charge in [0.2, 0.25) is 5.91 Å². The van der Waals surface area contributed by atoms with Gasteiger partial charge in [0.05, 0.1) is 11.6 Å². The third-order valence-corrected chi connectivity index (χ3v) is 7.91. The summed E-state index contributed by atoms with van der Waals surface area (Å²) in [5.74, 6) is -0.628. The molecule has 0 saturated carbocycles. The number of amides is 1. The van der Waals surface area contributed by atoms with Crippen molar-refractivity contribution in [1.29, 1.82) is 0 Å². The number of rotatable bonds is 9. The monoisotopic (exact) mass is 558 g/mol. The van der Waals surface area contributed by atoms with Gasteiger partial charge in [-0.25, -0.2) is 17.8 Å². The molecule has 0 unspecified atom stereocenters. The number of nitrogens with zero attached hydrogens (tertiary/aromatic N) is 2. The van der Waals surface area contributed by atoms with Gasteiger partial charge in [0.15, 0.2) is 5.13 Å². The molecule has 1 aliphatic rings. The Kier molecular flexibility index (Phi) is 8.12. The predicted molar refractivity (Wildman–Crippen MR) is 134 cm³/mol. The molecule has 2 aromatic carbocycles. The van der Waals surface area contributed by atoms with E-state index in [1.165, 1.54) is 6.20 Å². The minimum Gasteiger partial charge on any atom is -0.455 e. The van der Waals surface area contributed by atoms with Crippen molar-refractivity contribution in [2.24, 2.45) is 0 Å². The van der Waals surface area contributed by atoms with Gasteiger partial charge in [0, 0.05) is 35.8 Å². The number of nitrogens with one attached hydrogen (secondary N) is 2. The van der Waals surface area contributed by atoms with Gasteiger partial charge in [-0.15, -0.1) is 11.3 Å². The van der Waals surface area contributed by atoms with Crippen LogP contribution in [0.2, 0.25) is 10.0 Å². The molecule has 0 aliphatic carbocycles. The first-order chi connectivity index (χ1) is 16.7. The Morgan fingerprint density at radius 2 is 2.06 bits per heavy atom. The van der Waals surface area contributed by atoms with Crippen LogP contribution in [0.5, 0.6) is 11.5 Å². The molecule has 0 atom stereocenters. The van der Waals surface area contributed by atoms with Crippen LogP contribution < -0.4 is 14.8 Å². The molecule has 0 spiro atoms. The summed E-state index contributed by atoms with van der Waals surface area (Å²) in [7, 11) is -4.23. The Hall–Kier alpha value is -2.44. The maximum absolute atomic E-state index is 14.8. The van der Waals surface area contributed by atoms with Crippen molar-refractivity contribution in [3.8, 4) is 11.5 Å². The molecular weight excluding hydrogens is 538 g/mol. The largest absolute Gasteiger partial charge is 0.455 e. The Morgan fingerprint density at radius 3 is 2.80 bits per heavy atom. The fourth-order valence-corrected chi connectivity index (χ4v) is 5.91. The summed E-state index contributed by atoms with van der Waals surface area (Å²) in [6.07, 6.45) is 2.76. The maximum Gasteiger partial charge on any atom is 0.266 e. The molecule has 4 rings (SSSR count). The van der Waals surface area contributed by atoms with E-state index >= 15 is 0 Å². The maximum atomic E-state index is 14.8. The third-order valence-electron chi connectivity index (χ3n) is 5.21. The van der Waals surface area contributed by atoms with E-state index in [4.69, 9.17) is 27.9 Å². The number of thiazole rings is 1. The molecule has 1 fully saturated rings. The number of hydrogen-bond acceptors (Lipinski definition) is 7. The van der Waals surface area contributed by atoms with E-state index < -0.39 is 20.7 Å². The van der Waals surface area contributed by atoms with Gasteiger partial charge < -0.3 is 10.1 Å². The summed E-state index contributed by atoms with van der Waals surface area (Å²) in [6, 6.07) is 6.97. The standard InChI is InChI=1S/C22H21Cl2FN4O4S2/c23-15-3-4-18(14(10-15)2-1-7-29-8-5-26-21(30)13-29)33-19-12-17(25)20(11-16(19)24)35(31,32)28-22-27-6-9-34-22/h3-4,6,9-12H,1-2,5,7-8,13H2,(H,26,30)(H,27,28). The molecule has 2 heterocycles. The lowest BCUT2D eigenvalue weighted by Crippen LogP contribution is -2.47. The summed E-state index contributed by atoms with van der Waals surface area (Å²) in [4.78, 5) is 16.8. The zero-order valence-corrected chi connectivity index (χ0v) is 21.4. The third kappa shape index (κ3) is 6.62. The van der Waals surface area contributed by atoms with Gasteiger partial charge >= 0.3 is 0 Å². The second kappa shape index (κ2) is 11.1. The highest BCUT2D eigenvalue weighted by Gasteiger charge is 2.23. The first-order valence-corrected chi connectivity index (χ1v) is 13.7. The number of aryl methyl sites for hydroxylation is 1. The summed E-state index contributed by atoms with van der Waals surface area (Å²) in [5, 5.41) is 4.92. The molecule has 35 heavy (non-hydrogen) atoms. The molecule has 1 amide bonds. The molecule has 186 valence electrons. The van der Waals surface area contributed by atoms with E-state index in [2.05, 4.69) is 19.9 Å². The minimum absolute atomic E-state index is 0.00649. The van der Waals surface area contributed by atoms with Crippen LogP contribution in [0.15, 0.2) is 46.8 Å². The van der Waals surface area contributed by atoms with Gasteiger partial charge in [-0.1, -0.05) is 23.2 Å². The van der Waals surface area contributed by atoms with Crippen molar-refractivity contribution in [3.63, 3.8) is 0 Å². The lowest BCUT2D eigenvalue weighted by Gasteiger charge is -2.26. The number of anilines is 1. The van der Waals surface area contributed by atoms with E-state index in [1.807, 2.05) is 0 Å². The number of carbonyl (C=O) groups is 1. The zero-order valence-electron chi connectivity index (χ0n) is 18.3. The smallest absolute Gasteiger partial charge is 0.266 e. The van der Waals surface area contributed by atoms with Crippen molar-refractivity contribution in [1.82, 2.24) is 15.2 Å². The fourth-order valence-electron chi connectivity index (χ4n) is 3.58. The van der Waals surface area contributed by atoms with Crippen LogP contribution in [-0.4, -0.2) is 50.4 Å². The average molecular weight is 559 g/mol. The predicted octanol–water partition coefficient (Wildman–Crippen LogP) is 4.55. The van der Waals surface area contributed by atoms with Crippen molar-refractivity contribution in [2.45, 2.75) is 17.7 Å². The number of piperazine rings is 1. The van der Waals surface area contributed by atoms with E-state index in [-0.39, 0.29) is 21.8 Å². The summed E-state index contributed by atoms with van der Waals surface area (Å²) in [5.41, 5.74) is 0.776. The van der Waals surface area contributed by atoms with Gasteiger partial charge in [-0.05, 0) is 49.2 Å². The van der Waals surface area contributed by atoms with Crippen LogP contribution in [0.1, 0.15) is 12.0 Å². The molecule has 3 aromatic rings. The Labute approximate surface area is 216 Å². The van der Waals surface area contributed by atoms with Crippen molar-refractivity contribution < 1.29 is 22.3 Å². The van der Waals surface area contributed by atoms with Crippen LogP contribution in [0.25, 0.3) is 0 Å². The molecule has 8 nitrogen and oxygen atoms in total. The quantitative estimate of drug-likeness (QED) is 0.399. The van der Waals surface area contributed by atoms with Gasteiger partial charge in [0.1, 0.15) is 22.2 Å². The number of ether oxygens (including phenoxy) is 1. The molecule has 0 bridgehead atoms. The molecule has 0 radical (unpaired) electrons. The van der Waals surface area contributed by atoms with Crippen molar-refractivity contribution >= 4 is 55.6 Å². The molecular formula is C22H21Cl2FN4O4S2. The van der Waals surface area contributed by atoms with Crippen LogP contribution in [-0.2, 0) is 21.2 Å². The second-order valence-electron chi connectivity index (χ2n) is 7.74. The normalized spacial score (nSPS) is 14.5. The van der Waals surface area contributed by atoms with Gasteiger partial charge in [-0.3, -0.25) is 14.4 Å². The highest BCUT2D eigenvalue weighted by Crippen LogP contribution is 2.36. The summed E-state index contributed by atoms with van der Waals surface area (Å²) >= 11 is 13.5. The molecule has 1 aliphatic heterocycles. The zero-order chi connectivity index (χ0) is 25.0. The van der Waals surface area contributed by atoms with E-state index in [9.17, 15) is 17.6 Å². The van der Waals surface area contributed by atoms with E-state index in [0.717, 1.165) is 42.0 Å². The number of aromatic nitrogens is 1. The van der Waals surface area contributed by atoms with Crippen LogP contribution in [0.3, 0.4) is 0 Å². The van der Waals surface area contributed by atoms with Gasteiger partial charge in [0.25, 0.3) is 10.0 Å². The second-order valence-corrected chi connectivity index (χ2v) is 11.1. The Bertz CT molecular complexity index is 1320. The highest BCUT2D eigenvalue weighted by atomic mass is 35.5. The lowest BCUT2D eigenvalue weighted by atomic mass is 10.1. The number of carbonyl (C=O) groups excluding carboxylic acids is 1. The first kappa shape index (κ1) is 25.6. The summed E-state index contributed by atoms with van der Waals surface area (Å²) in [6.45, 7) is 2.49. The lowest BCUT2D eigenvalue weighted by molar-refractivity contribution is -0.124. The Morgan fingerprint density at radius 1 is 1.23 bits per heavy atom. The SMILES string of the molecule is O=C1CN(CCCc2cc(Cl)ccc2Oc2cc(F)c(S(=O)(=O)Nc3nccs3)cc2Cl)CCN1. The average Bonchev–Trinajstić information content (AvgIpc) is 3.30. The minimum atomic E-state index is -4.23. The van der Waals surface area contributed by atoms with Crippen LogP contribution in [0.4, 0.5) is 9.52 Å². The van der Waals surface area contributed by atoms with Gasteiger partial charge in [-0.2, -0.15) is 0 Å². The van der Waals surface area contributed by atoms with Crippen LogP contribution in [0, 0.1) is 5.82 Å². The van der Waals surface area contributed by atoms with Crippen molar-refractivity contribution in [2.75, 3.05) is 30.9 Å². The number of halogens is 3. The van der Waals surface area contributed by atoms with Crippen LogP contribution >= 0.6 is 34.5 Å². The first-order valence-electron chi connectivity index (χ1n) is 10.6. The topological polar surface area (TPSA) is 101 Å². The molecule has 1 saturated heterocycles. The summed E-state index contributed by atoms with van der Waals surface area (Å²) < 4.78 is 48.1. The van der Waals surface area contributed by atoms with E-state index in [0.29, 0.717) is 36.8 Å². The number of sulfonamides is 1.